The third kappa shape index (κ3) is 9.60. The van der Waals surface area contributed by atoms with Gasteiger partial charge in [-0.2, -0.15) is 0 Å². The van der Waals surface area contributed by atoms with Gasteiger partial charge in [0.25, 0.3) is 0 Å². The average molecular weight is 242 g/mol. The number of hydrogen-bond acceptors (Lipinski definition) is 2. The highest BCUT2D eigenvalue weighted by Crippen LogP contribution is 2.12. The number of carboxylic acid groups (broad SMARTS) is 2. The number of rotatable bonds is 10. The van der Waals surface area contributed by atoms with Crippen LogP contribution in [0.3, 0.4) is 0 Å². The minimum atomic E-state index is -0.848. The van der Waals surface area contributed by atoms with Crippen molar-refractivity contribution < 1.29 is 19.8 Å². The highest BCUT2D eigenvalue weighted by atomic mass is 16.4. The van der Waals surface area contributed by atoms with E-state index in [9.17, 15) is 9.59 Å². The molecular weight excluding hydrogens is 220 g/mol. The molecule has 2 N–H and O–H groups in total. The molecule has 0 saturated heterocycles. The molecule has 0 aromatic heterocycles. The fourth-order valence-electron chi connectivity index (χ4n) is 1.55. The van der Waals surface area contributed by atoms with E-state index in [0.717, 1.165) is 32.1 Å². The third-order valence-electron chi connectivity index (χ3n) is 2.56. The van der Waals surface area contributed by atoms with Crippen molar-refractivity contribution in [2.24, 2.45) is 0 Å². The maximum atomic E-state index is 10.9. The van der Waals surface area contributed by atoms with Gasteiger partial charge in [0.05, 0.1) is 0 Å². The van der Waals surface area contributed by atoms with Gasteiger partial charge in [0, 0.05) is 12.0 Å². The summed E-state index contributed by atoms with van der Waals surface area (Å²) in [5, 5.41) is 17.4. The van der Waals surface area contributed by atoms with Gasteiger partial charge in [-0.3, -0.25) is 4.79 Å². The molecule has 0 radical (unpaired) electrons. The van der Waals surface area contributed by atoms with Gasteiger partial charge >= 0.3 is 11.9 Å². The van der Waals surface area contributed by atoms with E-state index in [2.05, 4.69) is 6.92 Å². The zero-order valence-corrected chi connectivity index (χ0v) is 10.4. The van der Waals surface area contributed by atoms with Gasteiger partial charge in [-0.1, -0.05) is 32.3 Å². The van der Waals surface area contributed by atoms with Gasteiger partial charge in [0.15, 0.2) is 0 Å². The van der Waals surface area contributed by atoms with Gasteiger partial charge in [-0.25, -0.2) is 4.79 Å². The van der Waals surface area contributed by atoms with Crippen molar-refractivity contribution >= 4 is 11.9 Å². The topological polar surface area (TPSA) is 74.6 Å². The van der Waals surface area contributed by atoms with E-state index in [1.165, 1.54) is 0 Å². The van der Waals surface area contributed by atoms with Crippen molar-refractivity contribution in [3.05, 3.63) is 11.6 Å². The van der Waals surface area contributed by atoms with E-state index in [1.54, 1.807) is 6.08 Å². The van der Waals surface area contributed by atoms with Crippen LogP contribution >= 0.6 is 0 Å². The standard InChI is InChI=1S/C13H22O4/c1-2-3-5-8-11(13(16)17)9-6-4-7-10-12(14)15/h8H,2-7,9-10H2,1H3,(H,14,15)(H,16,17). The second-order valence-corrected chi connectivity index (χ2v) is 4.13. The average Bonchev–Trinajstić information content (AvgIpc) is 2.25. The van der Waals surface area contributed by atoms with Crippen molar-refractivity contribution in [1.29, 1.82) is 0 Å². The van der Waals surface area contributed by atoms with Crippen LogP contribution in [0.5, 0.6) is 0 Å². The van der Waals surface area contributed by atoms with E-state index < -0.39 is 11.9 Å². The minimum Gasteiger partial charge on any atom is -0.481 e. The molecule has 0 fully saturated rings. The van der Waals surface area contributed by atoms with Gasteiger partial charge in [0.2, 0.25) is 0 Å². The molecular formula is C13H22O4. The molecule has 98 valence electrons. The van der Waals surface area contributed by atoms with E-state index in [-0.39, 0.29) is 6.42 Å². The van der Waals surface area contributed by atoms with E-state index in [4.69, 9.17) is 10.2 Å². The molecule has 0 atom stereocenters. The molecule has 4 nitrogen and oxygen atoms in total. The lowest BCUT2D eigenvalue weighted by Crippen LogP contribution is -2.01. The lowest BCUT2D eigenvalue weighted by atomic mass is 10.0. The molecule has 0 aliphatic heterocycles. The van der Waals surface area contributed by atoms with Gasteiger partial charge in [-0.05, 0) is 25.7 Å². The smallest absolute Gasteiger partial charge is 0.331 e. The molecule has 0 amide bonds. The van der Waals surface area contributed by atoms with Crippen LogP contribution in [0, 0.1) is 0 Å². The Bertz CT molecular complexity index is 269. The highest BCUT2D eigenvalue weighted by Gasteiger charge is 2.06. The number of aliphatic carboxylic acids is 2. The predicted molar refractivity (Wildman–Crippen MR) is 66.0 cm³/mol. The molecule has 0 heterocycles. The van der Waals surface area contributed by atoms with Gasteiger partial charge in [-0.15, -0.1) is 0 Å². The lowest BCUT2D eigenvalue weighted by Gasteiger charge is -2.02. The SMILES string of the molecule is CCCCC=C(CCCCCC(=O)O)C(=O)O. The van der Waals surface area contributed by atoms with Crippen molar-refractivity contribution in [3.8, 4) is 0 Å². The predicted octanol–water partition coefficient (Wildman–Crippen LogP) is 3.22. The van der Waals surface area contributed by atoms with Crippen LogP contribution < -0.4 is 0 Å². The summed E-state index contributed by atoms with van der Waals surface area (Å²) in [4.78, 5) is 21.2. The Morgan fingerprint density at radius 1 is 1.00 bits per heavy atom. The first-order valence-corrected chi connectivity index (χ1v) is 6.22. The third-order valence-corrected chi connectivity index (χ3v) is 2.56. The van der Waals surface area contributed by atoms with Crippen LogP contribution in [0.1, 0.15) is 58.3 Å². The minimum absolute atomic E-state index is 0.169. The molecule has 17 heavy (non-hydrogen) atoms. The fourth-order valence-corrected chi connectivity index (χ4v) is 1.55. The fraction of sp³-hybridized carbons (Fsp3) is 0.692. The Morgan fingerprint density at radius 2 is 1.65 bits per heavy atom. The first kappa shape index (κ1) is 15.7. The summed E-state index contributed by atoms with van der Waals surface area (Å²) in [5.74, 6) is -1.64. The molecule has 0 aliphatic carbocycles. The van der Waals surface area contributed by atoms with E-state index in [0.29, 0.717) is 18.4 Å². The highest BCUT2D eigenvalue weighted by molar-refractivity contribution is 5.86. The number of allylic oxidation sites excluding steroid dienone is 1. The van der Waals surface area contributed by atoms with Crippen LogP contribution in [-0.4, -0.2) is 22.2 Å². The van der Waals surface area contributed by atoms with Crippen molar-refractivity contribution in [2.45, 2.75) is 58.3 Å². The van der Waals surface area contributed by atoms with E-state index in [1.807, 2.05) is 0 Å². The largest absolute Gasteiger partial charge is 0.481 e. The second kappa shape index (κ2) is 9.87. The Labute approximate surface area is 102 Å². The summed E-state index contributed by atoms with van der Waals surface area (Å²) in [6.45, 7) is 2.07. The first-order chi connectivity index (χ1) is 8.07. The van der Waals surface area contributed by atoms with Crippen LogP contribution in [0.4, 0.5) is 0 Å². The normalized spacial score (nSPS) is 11.5. The Balaban J connectivity index is 3.81. The molecule has 0 aliphatic rings. The number of unbranched alkanes of at least 4 members (excludes halogenated alkanes) is 4. The number of carbonyl (C=O) groups is 2. The molecule has 0 aromatic rings. The molecule has 0 aromatic carbocycles. The maximum Gasteiger partial charge on any atom is 0.331 e. The Hall–Kier alpha value is -1.32. The molecule has 0 bridgehead atoms. The van der Waals surface area contributed by atoms with Crippen molar-refractivity contribution in [3.63, 3.8) is 0 Å². The second-order valence-electron chi connectivity index (χ2n) is 4.13. The quantitative estimate of drug-likeness (QED) is 0.455. The summed E-state index contributed by atoms with van der Waals surface area (Å²) < 4.78 is 0. The Morgan fingerprint density at radius 3 is 2.18 bits per heavy atom. The Kier molecular flexibility index (Phi) is 9.11. The summed E-state index contributed by atoms with van der Waals surface area (Å²) >= 11 is 0. The zero-order chi connectivity index (χ0) is 13.1. The first-order valence-electron chi connectivity index (χ1n) is 6.22. The summed E-state index contributed by atoms with van der Waals surface area (Å²) in [6, 6.07) is 0. The van der Waals surface area contributed by atoms with Crippen molar-refractivity contribution in [2.75, 3.05) is 0 Å². The van der Waals surface area contributed by atoms with Crippen LogP contribution in [-0.2, 0) is 9.59 Å². The summed E-state index contributed by atoms with van der Waals surface area (Å²) in [7, 11) is 0. The molecule has 4 heteroatoms. The molecule has 0 rings (SSSR count). The monoisotopic (exact) mass is 242 g/mol. The molecule has 0 saturated carbocycles. The van der Waals surface area contributed by atoms with Gasteiger partial charge in [0.1, 0.15) is 0 Å². The molecule has 0 spiro atoms. The van der Waals surface area contributed by atoms with Crippen LogP contribution in [0.2, 0.25) is 0 Å². The zero-order valence-electron chi connectivity index (χ0n) is 10.4. The lowest BCUT2D eigenvalue weighted by molar-refractivity contribution is -0.137. The maximum absolute atomic E-state index is 10.9. The van der Waals surface area contributed by atoms with Crippen molar-refractivity contribution in [1.82, 2.24) is 0 Å². The van der Waals surface area contributed by atoms with Crippen LogP contribution in [0.25, 0.3) is 0 Å². The summed E-state index contributed by atoms with van der Waals surface area (Å²) in [6.07, 6.45) is 7.52. The van der Waals surface area contributed by atoms with E-state index >= 15 is 0 Å². The number of carboxylic acids is 2. The van der Waals surface area contributed by atoms with Gasteiger partial charge < -0.3 is 10.2 Å². The molecule has 0 unspecified atom stereocenters. The van der Waals surface area contributed by atoms with Crippen LogP contribution in [0.15, 0.2) is 11.6 Å². The number of hydrogen-bond donors (Lipinski definition) is 2. The summed E-state index contributed by atoms with van der Waals surface area (Å²) in [5.41, 5.74) is 0.466.